The van der Waals surface area contributed by atoms with Crippen molar-refractivity contribution < 1.29 is 14.6 Å². The molecule has 1 heterocycles. The van der Waals surface area contributed by atoms with Gasteiger partial charge >= 0.3 is 0 Å². The van der Waals surface area contributed by atoms with Crippen molar-refractivity contribution in [1.29, 1.82) is 0 Å². The van der Waals surface area contributed by atoms with Gasteiger partial charge in [-0.25, -0.2) is 9.97 Å². The molecule has 1 N–H and O–H groups in total. The molecule has 1 atom stereocenters. The lowest BCUT2D eigenvalue weighted by Gasteiger charge is -2.13. The van der Waals surface area contributed by atoms with Crippen LogP contribution < -0.4 is 4.74 Å². The number of thioether (sulfide) groups is 1. The molecule has 0 aliphatic heterocycles. The van der Waals surface area contributed by atoms with Crippen LogP contribution in [0, 0.1) is 6.92 Å². The standard InChI is InChI=1S/C20H20N2O3S/c1-13-20(22-19-6-4-3-5-18(19)21-13)26-12-16(24)11-25-17-9-7-15(8-10-17)14(2)23/h3-10,16,24H,11-12H2,1-2H3. The molecule has 3 aromatic rings. The molecule has 0 radical (unpaired) electrons. The van der Waals surface area contributed by atoms with E-state index in [1.165, 1.54) is 18.7 Å². The summed E-state index contributed by atoms with van der Waals surface area (Å²) in [5, 5.41) is 11.0. The van der Waals surface area contributed by atoms with Crippen molar-refractivity contribution in [3.8, 4) is 5.75 Å². The molecular weight excluding hydrogens is 348 g/mol. The Morgan fingerprint density at radius 3 is 2.42 bits per heavy atom. The number of ether oxygens (including phenoxy) is 1. The number of para-hydroxylation sites is 2. The Labute approximate surface area is 156 Å². The highest BCUT2D eigenvalue weighted by Gasteiger charge is 2.11. The summed E-state index contributed by atoms with van der Waals surface area (Å²) in [5.74, 6) is 1.10. The van der Waals surface area contributed by atoms with Crippen LogP contribution in [0.2, 0.25) is 0 Å². The first-order chi connectivity index (χ1) is 12.5. The topological polar surface area (TPSA) is 72.3 Å². The average Bonchev–Trinajstić information content (AvgIpc) is 2.65. The Balaban J connectivity index is 1.54. The summed E-state index contributed by atoms with van der Waals surface area (Å²) in [5.41, 5.74) is 3.20. The Kier molecular flexibility index (Phi) is 5.85. The number of fused-ring (bicyclic) bond motifs is 1. The number of aliphatic hydroxyl groups is 1. The van der Waals surface area contributed by atoms with Gasteiger partial charge in [-0.2, -0.15) is 0 Å². The van der Waals surface area contributed by atoms with E-state index in [0.29, 0.717) is 17.1 Å². The number of hydrogen-bond donors (Lipinski definition) is 1. The minimum absolute atomic E-state index is 0.0137. The minimum Gasteiger partial charge on any atom is -0.491 e. The second kappa shape index (κ2) is 8.29. The molecule has 0 saturated carbocycles. The highest BCUT2D eigenvalue weighted by Crippen LogP contribution is 2.23. The highest BCUT2D eigenvalue weighted by molar-refractivity contribution is 7.99. The predicted octanol–water partition coefficient (Wildman–Crippen LogP) is 3.67. The van der Waals surface area contributed by atoms with Crippen LogP contribution in [0.25, 0.3) is 11.0 Å². The molecule has 0 aliphatic rings. The largest absolute Gasteiger partial charge is 0.491 e. The van der Waals surface area contributed by atoms with Gasteiger partial charge in [-0.05, 0) is 50.2 Å². The fourth-order valence-electron chi connectivity index (χ4n) is 2.41. The average molecular weight is 368 g/mol. The van der Waals surface area contributed by atoms with Crippen LogP contribution in [0.15, 0.2) is 53.6 Å². The number of carbonyl (C=O) groups excluding carboxylic acids is 1. The number of nitrogens with zero attached hydrogens (tertiary/aromatic N) is 2. The lowest BCUT2D eigenvalue weighted by Crippen LogP contribution is -2.20. The second-order valence-corrected chi connectivity index (χ2v) is 6.97. The Bertz CT molecular complexity index is 913. The molecule has 0 bridgehead atoms. The summed E-state index contributed by atoms with van der Waals surface area (Å²) in [7, 11) is 0. The van der Waals surface area contributed by atoms with Crippen molar-refractivity contribution in [3.05, 3.63) is 59.8 Å². The number of aliphatic hydroxyl groups excluding tert-OH is 1. The smallest absolute Gasteiger partial charge is 0.159 e. The van der Waals surface area contributed by atoms with Crippen molar-refractivity contribution in [2.24, 2.45) is 0 Å². The second-order valence-electron chi connectivity index (χ2n) is 5.96. The SMILES string of the molecule is CC(=O)c1ccc(OCC(O)CSc2nc3ccccc3nc2C)cc1. The highest BCUT2D eigenvalue weighted by atomic mass is 32.2. The lowest BCUT2D eigenvalue weighted by atomic mass is 10.1. The number of hydrogen-bond acceptors (Lipinski definition) is 6. The summed E-state index contributed by atoms with van der Waals surface area (Å²) in [6.07, 6.45) is -0.639. The first kappa shape index (κ1) is 18.4. The van der Waals surface area contributed by atoms with Gasteiger partial charge in [0.2, 0.25) is 0 Å². The number of ketones is 1. The van der Waals surface area contributed by atoms with Crippen LogP contribution in [0.1, 0.15) is 23.0 Å². The molecule has 26 heavy (non-hydrogen) atoms. The molecule has 1 unspecified atom stereocenters. The summed E-state index contributed by atoms with van der Waals surface area (Å²) >= 11 is 1.46. The number of Topliss-reactive ketones (excluding diaryl/α,β-unsaturated/α-hetero) is 1. The number of aryl methyl sites for hydroxylation is 1. The normalized spacial score (nSPS) is 12.1. The van der Waals surface area contributed by atoms with Gasteiger partial charge < -0.3 is 9.84 Å². The van der Waals surface area contributed by atoms with Gasteiger partial charge in [0.1, 0.15) is 17.4 Å². The van der Waals surface area contributed by atoms with Gasteiger partial charge in [-0.3, -0.25) is 4.79 Å². The fraction of sp³-hybridized carbons (Fsp3) is 0.250. The molecule has 3 rings (SSSR count). The molecule has 5 nitrogen and oxygen atoms in total. The Morgan fingerprint density at radius 2 is 1.77 bits per heavy atom. The third kappa shape index (κ3) is 4.59. The van der Waals surface area contributed by atoms with Crippen LogP contribution in [-0.4, -0.2) is 39.3 Å². The molecule has 0 aliphatic carbocycles. The zero-order chi connectivity index (χ0) is 18.5. The number of benzene rings is 2. The lowest BCUT2D eigenvalue weighted by molar-refractivity contribution is 0.101. The Hall–Kier alpha value is -2.44. The first-order valence-electron chi connectivity index (χ1n) is 8.31. The van der Waals surface area contributed by atoms with Gasteiger partial charge in [0.15, 0.2) is 5.78 Å². The quantitative estimate of drug-likeness (QED) is 0.507. The molecule has 134 valence electrons. The molecule has 2 aromatic carbocycles. The van der Waals surface area contributed by atoms with Crippen molar-refractivity contribution >= 4 is 28.6 Å². The van der Waals surface area contributed by atoms with Crippen molar-refractivity contribution in [2.75, 3.05) is 12.4 Å². The maximum Gasteiger partial charge on any atom is 0.159 e. The number of rotatable bonds is 7. The van der Waals surface area contributed by atoms with E-state index < -0.39 is 6.10 Å². The predicted molar refractivity (Wildman–Crippen MR) is 103 cm³/mol. The van der Waals surface area contributed by atoms with E-state index in [1.807, 2.05) is 31.2 Å². The third-order valence-electron chi connectivity index (χ3n) is 3.82. The molecule has 1 aromatic heterocycles. The summed E-state index contributed by atoms with van der Waals surface area (Å²) in [4.78, 5) is 20.4. The van der Waals surface area contributed by atoms with E-state index in [4.69, 9.17) is 4.74 Å². The number of aromatic nitrogens is 2. The van der Waals surface area contributed by atoms with Gasteiger partial charge in [-0.15, -0.1) is 11.8 Å². The monoisotopic (exact) mass is 368 g/mol. The van der Waals surface area contributed by atoms with Gasteiger partial charge in [0.25, 0.3) is 0 Å². The van der Waals surface area contributed by atoms with E-state index in [9.17, 15) is 9.90 Å². The van der Waals surface area contributed by atoms with Gasteiger partial charge in [-0.1, -0.05) is 12.1 Å². The first-order valence-corrected chi connectivity index (χ1v) is 9.29. The molecule has 0 fully saturated rings. The van der Waals surface area contributed by atoms with Crippen LogP contribution in [-0.2, 0) is 0 Å². The zero-order valence-electron chi connectivity index (χ0n) is 14.7. The molecule has 0 amide bonds. The van der Waals surface area contributed by atoms with Crippen molar-refractivity contribution in [2.45, 2.75) is 25.0 Å². The molecule has 6 heteroatoms. The van der Waals surface area contributed by atoms with Gasteiger partial charge in [0.05, 0.1) is 22.8 Å². The molecule has 0 spiro atoms. The molecular formula is C20H20N2O3S. The van der Waals surface area contributed by atoms with Gasteiger partial charge in [0, 0.05) is 11.3 Å². The fourth-order valence-corrected chi connectivity index (χ4v) is 3.27. The van der Waals surface area contributed by atoms with E-state index in [1.54, 1.807) is 24.3 Å². The van der Waals surface area contributed by atoms with Crippen molar-refractivity contribution in [3.63, 3.8) is 0 Å². The summed E-state index contributed by atoms with van der Waals surface area (Å²) in [6, 6.07) is 14.6. The van der Waals surface area contributed by atoms with Crippen LogP contribution >= 0.6 is 11.8 Å². The summed E-state index contributed by atoms with van der Waals surface area (Å²) in [6.45, 7) is 3.61. The molecule has 0 saturated heterocycles. The van der Waals surface area contributed by atoms with Crippen molar-refractivity contribution in [1.82, 2.24) is 9.97 Å². The van der Waals surface area contributed by atoms with Crippen LogP contribution in [0.5, 0.6) is 5.75 Å². The number of carbonyl (C=O) groups is 1. The summed E-state index contributed by atoms with van der Waals surface area (Å²) < 4.78 is 5.58. The van der Waals surface area contributed by atoms with E-state index in [0.717, 1.165) is 21.8 Å². The minimum atomic E-state index is -0.639. The van der Waals surface area contributed by atoms with E-state index in [-0.39, 0.29) is 12.4 Å². The maximum absolute atomic E-state index is 11.3. The van der Waals surface area contributed by atoms with E-state index in [2.05, 4.69) is 9.97 Å². The van der Waals surface area contributed by atoms with Crippen LogP contribution in [0.4, 0.5) is 0 Å². The Morgan fingerprint density at radius 1 is 1.12 bits per heavy atom. The maximum atomic E-state index is 11.3. The van der Waals surface area contributed by atoms with E-state index >= 15 is 0 Å². The zero-order valence-corrected chi connectivity index (χ0v) is 15.5. The third-order valence-corrected chi connectivity index (χ3v) is 5.03. The van der Waals surface area contributed by atoms with Crippen LogP contribution in [0.3, 0.4) is 0 Å².